The maximum atomic E-state index is 11.8. The molecule has 0 bridgehead atoms. The van der Waals surface area contributed by atoms with Gasteiger partial charge in [-0.15, -0.1) is 0 Å². The summed E-state index contributed by atoms with van der Waals surface area (Å²) in [6.45, 7) is 11.6. The van der Waals surface area contributed by atoms with Crippen LogP contribution >= 0.6 is 0 Å². The van der Waals surface area contributed by atoms with Gasteiger partial charge in [0.1, 0.15) is 0 Å². The minimum absolute atomic E-state index is 0.0199. The smallest absolute Gasteiger partial charge is 0.226 e. The minimum atomic E-state index is 0.0199. The molecule has 0 spiro atoms. The summed E-state index contributed by atoms with van der Waals surface area (Å²) in [5.41, 5.74) is 4.56. The molecule has 5 nitrogen and oxygen atoms in total. The molecule has 1 aliphatic heterocycles. The Balaban J connectivity index is 0.000000204. The number of hydrogen-bond donors (Lipinski definition) is 1. The van der Waals surface area contributed by atoms with Gasteiger partial charge >= 0.3 is 0 Å². The van der Waals surface area contributed by atoms with Crippen molar-refractivity contribution in [2.45, 2.75) is 46.5 Å². The van der Waals surface area contributed by atoms with Gasteiger partial charge in [0.25, 0.3) is 0 Å². The number of nitrogens with one attached hydrogen (secondary N) is 1. The second-order valence-corrected chi connectivity index (χ2v) is 8.70. The lowest BCUT2D eigenvalue weighted by Crippen LogP contribution is -2.32. The van der Waals surface area contributed by atoms with Gasteiger partial charge in [0.05, 0.1) is 5.69 Å². The molecule has 1 N–H and O–H groups in total. The van der Waals surface area contributed by atoms with Crippen molar-refractivity contribution in [3.63, 3.8) is 0 Å². The third-order valence-corrected chi connectivity index (χ3v) is 6.02. The fraction of sp³-hybridized carbons (Fsp3) is 0.407. The first-order chi connectivity index (χ1) is 15.5. The summed E-state index contributed by atoms with van der Waals surface area (Å²) in [4.78, 5) is 14.3. The van der Waals surface area contributed by atoms with Crippen LogP contribution in [0.2, 0.25) is 0 Å². The van der Waals surface area contributed by atoms with E-state index in [1.807, 2.05) is 74.1 Å². The predicted octanol–water partition coefficient (Wildman–Crippen LogP) is 5.66. The Bertz CT molecular complexity index is 972. The van der Waals surface area contributed by atoms with Crippen molar-refractivity contribution in [1.29, 1.82) is 0 Å². The Morgan fingerprint density at radius 1 is 1.06 bits per heavy atom. The number of aryl methyl sites for hydroxylation is 1. The van der Waals surface area contributed by atoms with Gasteiger partial charge in [0.2, 0.25) is 5.91 Å². The molecule has 1 amide bonds. The van der Waals surface area contributed by atoms with Crippen LogP contribution in [-0.2, 0) is 4.79 Å². The summed E-state index contributed by atoms with van der Waals surface area (Å²) >= 11 is 0. The summed E-state index contributed by atoms with van der Waals surface area (Å²) in [6, 6.07) is 20.5. The molecule has 0 saturated carbocycles. The van der Waals surface area contributed by atoms with Crippen LogP contribution in [0.15, 0.2) is 66.9 Å². The second-order valence-electron chi connectivity index (χ2n) is 8.70. The molecule has 0 radical (unpaired) electrons. The van der Waals surface area contributed by atoms with E-state index in [0.29, 0.717) is 5.92 Å². The molecule has 3 aromatic rings. The fourth-order valence-electron chi connectivity index (χ4n) is 3.95. The van der Waals surface area contributed by atoms with E-state index < -0.39 is 0 Å². The topological polar surface area (TPSA) is 50.2 Å². The Morgan fingerprint density at radius 2 is 1.78 bits per heavy atom. The van der Waals surface area contributed by atoms with Gasteiger partial charge in [-0.1, -0.05) is 51.1 Å². The molecular formula is C27H36N4O. The van der Waals surface area contributed by atoms with E-state index in [9.17, 15) is 4.79 Å². The lowest BCUT2D eigenvalue weighted by Gasteiger charge is -2.31. The number of piperidine rings is 1. The van der Waals surface area contributed by atoms with Crippen LogP contribution in [0.25, 0.3) is 5.69 Å². The molecule has 5 heteroatoms. The molecule has 32 heavy (non-hydrogen) atoms. The van der Waals surface area contributed by atoms with Crippen molar-refractivity contribution in [3.8, 4) is 5.69 Å². The maximum Gasteiger partial charge on any atom is 0.226 e. The van der Waals surface area contributed by atoms with Crippen molar-refractivity contribution in [2.75, 3.05) is 25.0 Å². The van der Waals surface area contributed by atoms with Crippen molar-refractivity contribution >= 4 is 11.6 Å². The summed E-state index contributed by atoms with van der Waals surface area (Å²) in [5, 5.41) is 7.19. The van der Waals surface area contributed by atoms with E-state index in [-0.39, 0.29) is 11.8 Å². The van der Waals surface area contributed by atoms with Gasteiger partial charge in [0, 0.05) is 23.5 Å². The molecule has 1 aromatic heterocycles. The Kier molecular flexibility index (Phi) is 8.63. The summed E-state index contributed by atoms with van der Waals surface area (Å²) in [5.74, 6) is 0.739. The zero-order valence-electron chi connectivity index (χ0n) is 19.8. The lowest BCUT2D eigenvalue weighted by atomic mass is 9.89. The van der Waals surface area contributed by atoms with E-state index in [0.717, 1.165) is 23.6 Å². The predicted molar refractivity (Wildman–Crippen MR) is 132 cm³/mol. The lowest BCUT2D eigenvalue weighted by molar-refractivity contribution is -0.118. The fourth-order valence-corrected chi connectivity index (χ4v) is 3.95. The van der Waals surface area contributed by atoms with Crippen LogP contribution < -0.4 is 5.32 Å². The largest absolute Gasteiger partial charge is 0.326 e. The third-order valence-electron chi connectivity index (χ3n) is 6.02. The SMILES string of the molecule is CCN1CCC(c2cccc(NC(=O)C(C)C)c2)CC1.Cc1ccnn1-c1ccccc1. The van der Waals surface area contributed by atoms with Gasteiger partial charge < -0.3 is 10.2 Å². The standard InChI is InChI=1S/C17H26N2O.C10H10N2/c1-4-19-10-8-14(9-11-19)15-6-5-7-16(12-15)18-17(20)13(2)3;1-9-7-8-11-12(9)10-5-3-2-4-6-10/h5-7,12-14H,4,8-11H2,1-3H3,(H,18,20);2-8H,1H3. The number of benzene rings is 2. The van der Waals surface area contributed by atoms with E-state index in [4.69, 9.17) is 0 Å². The molecule has 0 aliphatic carbocycles. The number of para-hydroxylation sites is 1. The van der Waals surface area contributed by atoms with Crippen LogP contribution in [-0.4, -0.2) is 40.2 Å². The zero-order chi connectivity index (χ0) is 22.9. The first kappa shape index (κ1) is 23.7. The van der Waals surface area contributed by atoms with Gasteiger partial charge in [-0.05, 0) is 81.2 Å². The minimum Gasteiger partial charge on any atom is -0.326 e. The van der Waals surface area contributed by atoms with E-state index in [1.165, 1.54) is 31.5 Å². The first-order valence-electron chi connectivity index (χ1n) is 11.7. The molecule has 0 unspecified atom stereocenters. The average molecular weight is 433 g/mol. The summed E-state index contributed by atoms with van der Waals surface area (Å²) < 4.78 is 1.92. The number of carbonyl (C=O) groups is 1. The van der Waals surface area contributed by atoms with Crippen molar-refractivity contribution in [3.05, 3.63) is 78.1 Å². The normalized spacial score (nSPS) is 14.7. The molecule has 1 aliphatic rings. The number of aromatic nitrogens is 2. The second kappa shape index (κ2) is 11.6. The monoisotopic (exact) mass is 432 g/mol. The van der Waals surface area contributed by atoms with E-state index in [2.05, 4.69) is 40.4 Å². The van der Waals surface area contributed by atoms with Crippen LogP contribution in [0.4, 0.5) is 5.69 Å². The number of carbonyl (C=O) groups excluding carboxylic acids is 1. The summed E-state index contributed by atoms with van der Waals surface area (Å²) in [7, 11) is 0. The van der Waals surface area contributed by atoms with E-state index in [1.54, 1.807) is 0 Å². The Labute approximate surface area is 192 Å². The van der Waals surface area contributed by atoms with Gasteiger partial charge in [-0.25, -0.2) is 4.68 Å². The molecule has 2 aromatic carbocycles. The molecule has 2 heterocycles. The highest BCUT2D eigenvalue weighted by Gasteiger charge is 2.20. The zero-order valence-corrected chi connectivity index (χ0v) is 19.8. The van der Waals surface area contributed by atoms with E-state index >= 15 is 0 Å². The van der Waals surface area contributed by atoms with Gasteiger partial charge in [-0.3, -0.25) is 4.79 Å². The average Bonchev–Trinajstić information content (AvgIpc) is 3.26. The Hall–Kier alpha value is -2.92. The number of hydrogen-bond acceptors (Lipinski definition) is 3. The highest BCUT2D eigenvalue weighted by atomic mass is 16.1. The number of likely N-dealkylation sites (tertiary alicyclic amines) is 1. The maximum absolute atomic E-state index is 11.8. The quantitative estimate of drug-likeness (QED) is 0.566. The Morgan fingerprint density at radius 3 is 2.38 bits per heavy atom. The van der Waals surface area contributed by atoms with Crippen LogP contribution in [0.3, 0.4) is 0 Å². The molecule has 0 atom stereocenters. The first-order valence-corrected chi connectivity index (χ1v) is 11.7. The van der Waals surface area contributed by atoms with Crippen molar-refractivity contribution in [2.24, 2.45) is 5.92 Å². The number of amides is 1. The molecule has 4 rings (SSSR count). The molecule has 170 valence electrons. The number of anilines is 1. The molecule has 1 saturated heterocycles. The van der Waals surface area contributed by atoms with Crippen molar-refractivity contribution in [1.82, 2.24) is 14.7 Å². The van der Waals surface area contributed by atoms with Crippen molar-refractivity contribution < 1.29 is 4.79 Å². The van der Waals surface area contributed by atoms with Gasteiger partial charge in [-0.2, -0.15) is 5.10 Å². The highest BCUT2D eigenvalue weighted by molar-refractivity contribution is 5.92. The van der Waals surface area contributed by atoms with Crippen LogP contribution in [0, 0.1) is 12.8 Å². The molecule has 1 fully saturated rings. The number of rotatable bonds is 5. The van der Waals surface area contributed by atoms with Crippen LogP contribution in [0.1, 0.15) is 50.8 Å². The highest BCUT2D eigenvalue weighted by Crippen LogP contribution is 2.29. The third kappa shape index (κ3) is 6.54. The van der Waals surface area contributed by atoms with Gasteiger partial charge in [0.15, 0.2) is 0 Å². The molecular weight excluding hydrogens is 396 g/mol. The summed E-state index contributed by atoms with van der Waals surface area (Å²) in [6.07, 6.45) is 4.24. The number of nitrogens with zero attached hydrogens (tertiary/aromatic N) is 3. The van der Waals surface area contributed by atoms with Crippen LogP contribution in [0.5, 0.6) is 0 Å².